The van der Waals surface area contributed by atoms with E-state index in [0.29, 0.717) is 25.2 Å². The normalized spacial score (nSPS) is 11.1. The number of hydrogen-bond donors (Lipinski definition) is 1. The van der Waals surface area contributed by atoms with Gasteiger partial charge in [0.15, 0.2) is 17.0 Å². The van der Waals surface area contributed by atoms with E-state index in [0.717, 1.165) is 35.7 Å². The molecule has 0 spiro atoms. The molecule has 3 rings (SSSR count). The van der Waals surface area contributed by atoms with Gasteiger partial charge in [-0.25, -0.2) is 14.6 Å². The molecule has 2 aromatic heterocycles. The van der Waals surface area contributed by atoms with Crippen LogP contribution in [0.2, 0.25) is 0 Å². The lowest BCUT2D eigenvalue weighted by atomic mass is 10.2. The van der Waals surface area contributed by atoms with E-state index >= 15 is 0 Å². The third kappa shape index (κ3) is 3.68. The number of rotatable bonds is 8. The van der Waals surface area contributed by atoms with Crippen molar-refractivity contribution in [3.8, 4) is 0 Å². The monoisotopic (exact) mass is 326 g/mol. The van der Waals surface area contributed by atoms with E-state index in [1.807, 2.05) is 22.9 Å². The molecule has 0 fully saturated rings. The zero-order chi connectivity index (χ0) is 16.8. The summed E-state index contributed by atoms with van der Waals surface area (Å²) in [4.78, 5) is 9.25. The van der Waals surface area contributed by atoms with Gasteiger partial charge in [-0.15, -0.1) is 5.10 Å². The minimum absolute atomic E-state index is 0.604. The second-order valence-corrected chi connectivity index (χ2v) is 5.56. The largest absolute Gasteiger partial charge is 0.383 e. The number of anilines is 1. The van der Waals surface area contributed by atoms with Crippen molar-refractivity contribution in [2.75, 3.05) is 25.6 Å². The predicted octanol–water partition coefficient (Wildman–Crippen LogP) is 2.28. The SMILES string of the molecule is CCCc1nc(NCCOC)c2nnn(Cc3ccccc3)c2n1. The molecule has 0 bridgehead atoms. The number of benzene rings is 1. The van der Waals surface area contributed by atoms with Gasteiger partial charge in [0.2, 0.25) is 0 Å². The first-order valence-electron chi connectivity index (χ1n) is 8.18. The minimum atomic E-state index is 0.604. The Kier molecular flexibility index (Phi) is 5.32. The minimum Gasteiger partial charge on any atom is -0.383 e. The summed E-state index contributed by atoms with van der Waals surface area (Å²) in [7, 11) is 1.68. The van der Waals surface area contributed by atoms with Crippen molar-refractivity contribution in [3.05, 3.63) is 41.7 Å². The lowest BCUT2D eigenvalue weighted by Gasteiger charge is -2.08. The second kappa shape index (κ2) is 7.83. The summed E-state index contributed by atoms with van der Waals surface area (Å²) in [5.74, 6) is 1.53. The van der Waals surface area contributed by atoms with Crippen LogP contribution in [0, 0.1) is 0 Å². The molecule has 0 radical (unpaired) electrons. The maximum Gasteiger partial charge on any atom is 0.184 e. The fourth-order valence-electron chi connectivity index (χ4n) is 2.49. The summed E-state index contributed by atoms with van der Waals surface area (Å²) < 4.78 is 6.92. The topological polar surface area (TPSA) is 77.8 Å². The van der Waals surface area contributed by atoms with Gasteiger partial charge in [-0.2, -0.15) is 0 Å². The van der Waals surface area contributed by atoms with Crippen LogP contribution in [0.5, 0.6) is 0 Å². The highest BCUT2D eigenvalue weighted by atomic mass is 16.5. The summed E-state index contributed by atoms with van der Waals surface area (Å²) in [5.41, 5.74) is 2.62. The molecule has 24 heavy (non-hydrogen) atoms. The summed E-state index contributed by atoms with van der Waals surface area (Å²) in [6.07, 6.45) is 1.81. The highest BCUT2D eigenvalue weighted by Gasteiger charge is 2.14. The van der Waals surface area contributed by atoms with Gasteiger partial charge in [-0.3, -0.25) is 0 Å². The van der Waals surface area contributed by atoms with Gasteiger partial charge < -0.3 is 10.1 Å². The van der Waals surface area contributed by atoms with Crippen molar-refractivity contribution in [1.29, 1.82) is 0 Å². The molecule has 0 aliphatic carbocycles. The van der Waals surface area contributed by atoms with E-state index in [1.54, 1.807) is 7.11 Å². The van der Waals surface area contributed by atoms with Gasteiger partial charge in [0.25, 0.3) is 0 Å². The fourth-order valence-corrected chi connectivity index (χ4v) is 2.49. The molecule has 0 aliphatic rings. The number of nitrogens with zero attached hydrogens (tertiary/aromatic N) is 5. The zero-order valence-corrected chi connectivity index (χ0v) is 14.1. The van der Waals surface area contributed by atoms with Gasteiger partial charge in [0.1, 0.15) is 5.82 Å². The zero-order valence-electron chi connectivity index (χ0n) is 14.1. The quantitative estimate of drug-likeness (QED) is 0.640. The van der Waals surface area contributed by atoms with E-state index in [1.165, 1.54) is 0 Å². The van der Waals surface area contributed by atoms with Gasteiger partial charge >= 0.3 is 0 Å². The molecule has 2 heterocycles. The Morgan fingerprint density at radius 1 is 1.17 bits per heavy atom. The molecule has 0 atom stereocenters. The first-order chi connectivity index (χ1) is 11.8. The van der Waals surface area contributed by atoms with Crippen LogP contribution < -0.4 is 5.32 Å². The summed E-state index contributed by atoms with van der Waals surface area (Å²) in [6.45, 7) is 4.02. The van der Waals surface area contributed by atoms with Gasteiger partial charge in [0, 0.05) is 20.1 Å². The van der Waals surface area contributed by atoms with Crippen molar-refractivity contribution >= 4 is 17.0 Å². The molecule has 7 heteroatoms. The van der Waals surface area contributed by atoms with Crippen molar-refractivity contribution in [1.82, 2.24) is 25.0 Å². The molecular weight excluding hydrogens is 304 g/mol. The van der Waals surface area contributed by atoms with Crippen molar-refractivity contribution < 1.29 is 4.74 Å². The van der Waals surface area contributed by atoms with Crippen LogP contribution in [0.4, 0.5) is 5.82 Å². The molecule has 126 valence electrons. The molecule has 0 unspecified atom stereocenters. The van der Waals surface area contributed by atoms with Gasteiger partial charge in [0.05, 0.1) is 13.2 Å². The van der Waals surface area contributed by atoms with Crippen LogP contribution in [0.1, 0.15) is 24.7 Å². The number of fused-ring (bicyclic) bond motifs is 1. The van der Waals surface area contributed by atoms with Crippen LogP contribution in [0.25, 0.3) is 11.2 Å². The Bertz CT molecular complexity index is 786. The molecule has 0 saturated carbocycles. The lowest BCUT2D eigenvalue weighted by Crippen LogP contribution is -2.11. The molecule has 1 aromatic carbocycles. The number of hydrogen-bond acceptors (Lipinski definition) is 6. The van der Waals surface area contributed by atoms with Crippen molar-refractivity contribution in [2.45, 2.75) is 26.3 Å². The second-order valence-electron chi connectivity index (χ2n) is 5.56. The van der Waals surface area contributed by atoms with Crippen LogP contribution in [0.3, 0.4) is 0 Å². The van der Waals surface area contributed by atoms with Crippen LogP contribution >= 0.6 is 0 Å². The Hall–Kier alpha value is -2.54. The van der Waals surface area contributed by atoms with E-state index in [9.17, 15) is 0 Å². The average Bonchev–Trinajstić information content (AvgIpc) is 2.99. The standard InChI is InChI=1S/C17H22N6O/c1-3-7-14-19-16(18-10-11-24-2)15-17(20-14)23(22-21-15)12-13-8-5-4-6-9-13/h4-6,8-9H,3,7,10-12H2,1-2H3,(H,18,19,20). The number of ether oxygens (including phenoxy) is 1. The maximum atomic E-state index is 5.09. The van der Waals surface area contributed by atoms with E-state index in [4.69, 9.17) is 4.74 Å². The van der Waals surface area contributed by atoms with E-state index in [2.05, 4.69) is 44.7 Å². The molecule has 0 saturated heterocycles. The predicted molar refractivity (Wildman–Crippen MR) is 93.0 cm³/mol. The number of methoxy groups -OCH3 is 1. The Labute approximate surface area is 141 Å². The summed E-state index contributed by atoms with van der Waals surface area (Å²) in [5, 5.41) is 11.8. The van der Waals surface area contributed by atoms with Gasteiger partial charge in [-0.05, 0) is 12.0 Å². The number of aromatic nitrogens is 5. The smallest absolute Gasteiger partial charge is 0.184 e. The third-order valence-corrected chi connectivity index (χ3v) is 3.66. The van der Waals surface area contributed by atoms with Crippen LogP contribution in [-0.2, 0) is 17.7 Å². The molecule has 3 aromatic rings. The van der Waals surface area contributed by atoms with Crippen LogP contribution in [-0.4, -0.2) is 45.2 Å². The summed E-state index contributed by atoms with van der Waals surface area (Å²) >= 11 is 0. The average molecular weight is 326 g/mol. The molecular formula is C17H22N6O. The first-order valence-corrected chi connectivity index (χ1v) is 8.18. The Balaban J connectivity index is 1.95. The number of aryl methyl sites for hydroxylation is 1. The number of nitrogens with one attached hydrogen (secondary N) is 1. The van der Waals surface area contributed by atoms with Crippen molar-refractivity contribution in [3.63, 3.8) is 0 Å². The van der Waals surface area contributed by atoms with E-state index in [-0.39, 0.29) is 0 Å². The lowest BCUT2D eigenvalue weighted by molar-refractivity contribution is 0.210. The van der Waals surface area contributed by atoms with Gasteiger partial charge in [-0.1, -0.05) is 42.5 Å². The molecule has 0 amide bonds. The molecule has 7 nitrogen and oxygen atoms in total. The fraction of sp³-hybridized carbons (Fsp3) is 0.412. The Morgan fingerprint density at radius 2 is 2.00 bits per heavy atom. The van der Waals surface area contributed by atoms with Crippen LogP contribution in [0.15, 0.2) is 30.3 Å². The third-order valence-electron chi connectivity index (χ3n) is 3.66. The maximum absolute atomic E-state index is 5.09. The first kappa shape index (κ1) is 16.3. The highest BCUT2D eigenvalue weighted by molar-refractivity contribution is 5.82. The summed E-state index contributed by atoms with van der Waals surface area (Å²) in [6, 6.07) is 10.2. The van der Waals surface area contributed by atoms with E-state index < -0.39 is 0 Å². The van der Waals surface area contributed by atoms with Crippen molar-refractivity contribution in [2.24, 2.45) is 0 Å². The molecule has 1 N–H and O–H groups in total. The molecule has 0 aliphatic heterocycles. The highest BCUT2D eigenvalue weighted by Crippen LogP contribution is 2.19. The Morgan fingerprint density at radius 3 is 2.75 bits per heavy atom.